The van der Waals surface area contributed by atoms with Gasteiger partial charge in [0.05, 0.1) is 16.9 Å². The van der Waals surface area contributed by atoms with Crippen molar-refractivity contribution in [3.05, 3.63) is 46.7 Å². The van der Waals surface area contributed by atoms with Gasteiger partial charge in [-0.05, 0) is 29.9 Å². The van der Waals surface area contributed by atoms with Crippen LogP contribution in [-0.2, 0) is 6.54 Å². The van der Waals surface area contributed by atoms with Gasteiger partial charge in [0.15, 0.2) is 0 Å². The van der Waals surface area contributed by atoms with Gasteiger partial charge in [-0.3, -0.25) is 4.68 Å². The van der Waals surface area contributed by atoms with Gasteiger partial charge in [-0.25, -0.2) is 0 Å². The Balaban J connectivity index is 2.26. The molecule has 5 heteroatoms. The SMILES string of the molecule is CCCn1ncc(Cl)c1C(O)c1ccc(SCC)cc1. The third-order valence-corrected chi connectivity index (χ3v) is 4.22. The third kappa shape index (κ3) is 3.37. The van der Waals surface area contributed by atoms with E-state index in [0.29, 0.717) is 10.7 Å². The summed E-state index contributed by atoms with van der Waals surface area (Å²) in [7, 11) is 0. The lowest BCUT2D eigenvalue weighted by molar-refractivity contribution is 0.207. The Bertz CT molecular complexity index is 554. The van der Waals surface area contributed by atoms with Crippen molar-refractivity contribution >= 4 is 23.4 Å². The minimum Gasteiger partial charge on any atom is -0.382 e. The molecular formula is C15H19ClN2OS. The molecule has 0 amide bonds. The number of aliphatic hydroxyl groups is 1. The third-order valence-electron chi connectivity index (χ3n) is 3.03. The molecule has 0 radical (unpaired) electrons. The summed E-state index contributed by atoms with van der Waals surface area (Å²) >= 11 is 7.94. The lowest BCUT2D eigenvalue weighted by Crippen LogP contribution is -2.10. The smallest absolute Gasteiger partial charge is 0.122 e. The maximum absolute atomic E-state index is 10.5. The first-order valence-corrected chi connectivity index (χ1v) is 8.15. The second-order valence-electron chi connectivity index (χ2n) is 4.51. The standard InChI is InChI=1S/C15H19ClN2OS/c1-3-9-18-14(13(16)10-17-18)15(19)11-5-7-12(8-6-11)20-4-2/h5-8,10,15,19H,3-4,9H2,1-2H3. The van der Waals surface area contributed by atoms with Crippen LogP contribution in [0, 0.1) is 0 Å². The van der Waals surface area contributed by atoms with Gasteiger partial charge in [0.25, 0.3) is 0 Å². The Hall–Kier alpha value is -0.970. The first-order valence-electron chi connectivity index (χ1n) is 6.79. The van der Waals surface area contributed by atoms with Crippen molar-refractivity contribution in [2.45, 2.75) is 37.8 Å². The zero-order valence-electron chi connectivity index (χ0n) is 11.7. The number of aliphatic hydroxyl groups excluding tert-OH is 1. The van der Waals surface area contributed by atoms with E-state index < -0.39 is 6.10 Å². The highest BCUT2D eigenvalue weighted by Crippen LogP contribution is 2.29. The molecule has 0 aliphatic heterocycles. The van der Waals surface area contributed by atoms with Gasteiger partial charge in [-0.2, -0.15) is 5.10 Å². The quantitative estimate of drug-likeness (QED) is 0.815. The summed E-state index contributed by atoms with van der Waals surface area (Å²) in [5.74, 6) is 1.04. The van der Waals surface area contributed by atoms with Gasteiger partial charge in [-0.15, -0.1) is 11.8 Å². The van der Waals surface area contributed by atoms with Crippen LogP contribution >= 0.6 is 23.4 Å². The lowest BCUT2D eigenvalue weighted by atomic mass is 10.1. The molecule has 0 aliphatic carbocycles. The van der Waals surface area contributed by atoms with E-state index in [1.54, 1.807) is 22.6 Å². The van der Waals surface area contributed by atoms with Crippen LogP contribution in [0.1, 0.15) is 37.6 Å². The Morgan fingerprint density at radius 3 is 2.60 bits per heavy atom. The normalized spacial score (nSPS) is 12.6. The van der Waals surface area contributed by atoms with Gasteiger partial charge >= 0.3 is 0 Å². The number of rotatable bonds is 6. The fourth-order valence-electron chi connectivity index (χ4n) is 2.10. The summed E-state index contributed by atoms with van der Waals surface area (Å²) < 4.78 is 1.78. The molecule has 1 aromatic carbocycles. The van der Waals surface area contributed by atoms with Gasteiger partial charge in [0.2, 0.25) is 0 Å². The number of aromatic nitrogens is 2. The monoisotopic (exact) mass is 310 g/mol. The zero-order chi connectivity index (χ0) is 14.5. The van der Waals surface area contributed by atoms with Crippen molar-refractivity contribution in [2.24, 2.45) is 0 Å². The van der Waals surface area contributed by atoms with Gasteiger partial charge in [0, 0.05) is 11.4 Å². The van der Waals surface area contributed by atoms with Crippen LogP contribution in [0.4, 0.5) is 0 Å². The molecule has 2 aromatic rings. The van der Waals surface area contributed by atoms with Crippen LogP contribution in [0.5, 0.6) is 0 Å². The van der Waals surface area contributed by atoms with Gasteiger partial charge in [-0.1, -0.05) is 37.6 Å². The molecular weight excluding hydrogens is 292 g/mol. The van der Waals surface area contributed by atoms with Crippen LogP contribution in [0.25, 0.3) is 0 Å². The van der Waals surface area contributed by atoms with Crippen LogP contribution in [0.15, 0.2) is 35.4 Å². The first kappa shape index (κ1) is 15.4. The molecule has 1 N–H and O–H groups in total. The van der Waals surface area contributed by atoms with E-state index in [2.05, 4.69) is 18.9 Å². The van der Waals surface area contributed by atoms with Crippen LogP contribution in [0.2, 0.25) is 5.02 Å². The minimum absolute atomic E-state index is 0.512. The van der Waals surface area contributed by atoms with Crippen molar-refractivity contribution in [3.8, 4) is 0 Å². The Labute approximate surface area is 129 Å². The van der Waals surface area contributed by atoms with E-state index in [-0.39, 0.29) is 0 Å². The number of thioether (sulfide) groups is 1. The summed E-state index contributed by atoms with van der Waals surface area (Å²) in [5.41, 5.74) is 1.51. The molecule has 0 fully saturated rings. The fourth-order valence-corrected chi connectivity index (χ4v) is 3.01. The summed E-state index contributed by atoms with van der Waals surface area (Å²) in [4.78, 5) is 1.21. The van der Waals surface area contributed by atoms with E-state index in [0.717, 1.165) is 24.3 Å². The van der Waals surface area contributed by atoms with Crippen molar-refractivity contribution in [1.29, 1.82) is 0 Å². The van der Waals surface area contributed by atoms with Gasteiger partial charge < -0.3 is 5.11 Å². The molecule has 0 aliphatic rings. The topological polar surface area (TPSA) is 38.0 Å². The molecule has 1 heterocycles. The number of nitrogens with zero attached hydrogens (tertiary/aromatic N) is 2. The van der Waals surface area contributed by atoms with E-state index in [1.165, 1.54) is 4.90 Å². The Morgan fingerprint density at radius 2 is 2.00 bits per heavy atom. The molecule has 2 rings (SSSR count). The number of hydrogen-bond donors (Lipinski definition) is 1. The molecule has 0 spiro atoms. The van der Waals surface area contributed by atoms with E-state index in [9.17, 15) is 5.11 Å². The molecule has 1 unspecified atom stereocenters. The average Bonchev–Trinajstić information content (AvgIpc) is 2.81. The number of hydrogen-bond acceptors (Lipinski definition) is 3. The summed E-state index contributed by atoms with van der Waals surface area (Å²) in [6.45, 7) is 4.95. The largest absolute Gasteiger partial charge is 0.382 e. The van der Waals surface area contributed by atoms with Crippen molar-refractivity contribution < 1.29 is 5.11 Å². The van der Waals surface area contributed by atoms with Crippen LogP contribution in [0.3, 0.4) is 0 Å². The average molecular weight is 311 g/mol. The van der Waals surface area contributed by atoms with E-state index in [1.807, 2.05) is 24.3 Å². The Morgan fingerprint density at radius 1 is 1.30 bits per heavy atom. The molecule has 0 bridgehead atoms. The molecule has 0 saturated carbocycles. The van der Waals surface area contributed by atoms with Crippen molar-refractivity contribution in [3.63, 3.8) is 0 Å². The van der Waals surface area contributed by atoms with E-state index in [4.69, 9.17) is 11.6 Å². The summed E-state index contributed by atoms with van der Waals surface area (Å²) in [6, 6.07) is 7.95. The molecule has 1 aromatic heterocycles. The predicted octanol–water partition coefficient (Wildman–Crippen LogP) is 4.14. The predicted molar refractivity (Wildman–Crippen MR) is 84.4 cm³/mol. The molecule has 3 nitrogen and oxygen atoms in total. The molecule has 108 valence electrons. The van der Waals surface area contributed by atoms with E-state index >= 15 is 0 Å². The first-order chi connectivity index (χ1) is 9.67. The molecule has 20 heavy (non-hydrogen) atoms. The number of benzene rings is 1. The Kier molecular flexibility index (Phi) is 5.52. The second kappa shape index (κ2) is 7.16. The maximum atomic E-state index is 10.5. The number of aryl methyl sites for hydroxylation is 1. The highest BCUT2D eigenvalue weighted by atomic mass is 35.5. The zero-order valence-corrected chi connectivity index (χ0v) is 13.3. The maximum Gasteiger partial charge on any atom is 0.122 e. The second-order valence-corrected chi connectivity index (χ2v) is 6.25. The van der Waals surface area contributed by atoms with Crippen molar-refractivity contribution in [2.75, 3.05) is 5.75 Å². The molecule has 1 atom stereocenters. The number of halogens is 1. The minimum atomic E-state index is -0.739. The highest BCUT2D eigenvalue weighted by Gasteiger charge is 2.19. The summed E-state index contributed by atoms with van der Waals surface area (Å²) in [5, 5.41) is 15.3. The van der Waals surface area contributed by atoms with Crippen LogP contribution in [-0.4, -0.2) is 20.6 Å². The highest BCUT2D eigenvalue weighted by molar-refractivity contribution is 7.99. The lowest BCUT2D eigenvalue weighted by Gasteiger charge is -2.14. The van der Waals surface area contributed by atoms with Gasteiger partial charge in [0.1, 0.15) is 6.10 Å². The van der Waals surface area contributed by atoms with Crippen LogP contribution < -0.4 is 0 Å². The molecule has 0 saturated heterocycles. The van der Waals surface area contributed by atoms with Crippen molar-refractivity contribution in [1.82, 2.24) is 9.78 Å². The summed E-state index contributed by atoms with van der Waals surface area (Å²) in [6.07, 6.45) is 1.80. The fraction of sp³-hybridized carbons (Fsp3) is 0.400.